The molecule has 0 radical (unpaired) electrons. The number of hydrogen-bond acceptors (Lipinski definition) is 4. The van der Waals surface area contributed by atoms with Gasteiger partial charge in [-0.05, 0) is 48.9 Å². The molecule has 172 valence electrons. The van der Waals surface area contributed by atoms with E-state index in [1.54, 1.807) is 28.9 Å². The lowest BCUT2D eigenvalue weighted by Gasteiger charge is -2.13. The fourth-order valence-electron chi connectivity index (χ4n) is 3.07. The maximum absolute atomic E-state index is 12.9. The number of carboxylic acids is 1. The molecule has 0 bridgehead atoms. The number of nitrogens with zero attached hydrogens (tertiary/aromatic N) is 3. The summed E-state index contributed by atoms with van der Waals surface area (Å²) in [7, 11) is -2.12. The average Bonchev–Trinajstić information content (AvgIpc) is 3.20. The van der Waals surface area contributed by atoms with Gasteiger partial charge >= 0.3 is 5.97 Å². The topological polar surface area (TPSA) is 119 Å². The van der Waals surface area contributed by atoms with E-state index in [0.717, 1.165) is 15.4 Å². The van der Waals surface area contributed by atoms with Gasteiger partial charge in [-0.15, -0.1) is 0 Å². The molecule has 33 heavy (non-hydrogen) atoms. The monoisotopic (exact) mass is 470 g/mol. The Kier molecular flexibility index (Phi) is 7.22. The van der Waals surface area contributed by atoms with Crippen LogP contribution in [0.5, 0.6) is 0 Å². The van der Waals surface area contributed by atoms with Gasteiger partial charge in [-0.3, -0.25) is 0 Å². The lowest BCUT2D eigenvalue weighted by atomic mass is 10.1. The molecule has 0 saturated carbocycles. The highest BCUT2D eigenvalue weighted by Gasteiger charge is 2.13. The minimum Gasteiger partial charge on any atom is -0.478 e. The van der Waals surface area contributed by atoms with E-state index in [1.165, 1.54) is 31.4 Å². The van der Waals surface area contributed by atoms with Crippen LogP contribution in [-0.4, -0.2) is 40.6 Å². The standard InChI is InChI=1S/C14H9FN2O2.C9H14N2O2S/c15-9-4-6-10(7-5-9)17-13-3-1-2-11(14(18)19)12(13)8-16-17;1-8-3-5-9(6-4-8)7-11(2)14(10,12)13/h1-8H,(H,18,19);3-6H,7H2,1-2H3,(H2,10,12,13). The van der Waals surface area contributed by atoms with Gasteiger partial charge in [-0.2, -0.15) is 17.8 Å². The maximum atomic E-state index is 12.9. The Labute approximate surface area is 190 Å². The number of nitrogens with two attached hydrogens (primary N) is 1. The number of hydrogen-bond donors (Lipinski definition) is 2. The van der Waals surface area contributed by atoms with Gasteiger partial charge < -0.3 is 5.11 Å². The van der Waals surface area contributed by atoms with Crippen LogP contribution in [0.4, 0.5) is 4.39 Å². The van der Waals surface area contributed by atoms with Crippen LogP contribution in [0.15, 0.2) is 72.9 Å². The van der Waals surface area contributed by atoms with E-state index in [9.17, 15) is 17.6 Å². The van der Waals surface area contributed by atoms with Crippen LogP contribution in [0.2, 0.25) is 0 Å². The molecule has 0 aliphatic carbocycles. The third kappa shape index (κ3) is 6.01. The summed E-state index contributed by atoms with van der Waals surface area (Å²) in [6, 6.07) is 18.5. The third-order valence-electron chi connectivity index (χ3n) is 4.88. The Morgan fingerprint density at radius 2 is 1.73 bits per heavy atom. The van der Waals surface area contributed by atoms with Gasteiger partial charge in [0.25, 0.3) is 10.2 Å². The van der Waals surface area contributed by atoms with E-state index in [0.29, 0.717) is 23.1 Å². The Morgan fingerprint density at radius 1 is 1.09 bits per heavy atom. The number of aromatic carboxylic acids is 1. The molecule has 1 aromatic heterocycles. The van der Waals surface area contributed by atoms with Crippen LogP contribution in [0, 0.1) is 12.7 Å². The second kappa shape index (κ2) is 9.90. The van der Waals surface area contributed by atoms with Crippen LogP contribution >= 0.6 is 0 Å². The molecule has 3 aromatic carbocycles. The molecule has 0 fully saturated rings. The van der Waals surface area contributed by atoms with Gasteiger partial charge in [-0.1, -0.05) is 35.9 Å². The second-order valence-electron chi connectivity index (χ2n) is 7.36. The molecule has 0 aliphatic heterocycles. The predicted molar refractivity (Wildman–Crippen MR) is 124 cm³/mol. The first-order valence-corrected chi connectivity index (χ1v) is 11.3. The normalized spacial score (nSPS) is 11.3. The van der Waals surface area contributed by atoms with E-state index in [4.69, 9.17) is 10.2 Å². The molecule has 1 heterocycles. The molecule has 0 spiro atoms. The van der Waals surface area contributed by atoms with Crippen molar-refractivity contribution in [3.8, 4) is 5.69 Å². The highest BCUT2D eigenvalue weighted by Crippen LogP contribution is 2.22. The Hall–Kier alpha value is -3.60. The third-order valence-corrected chi connectivity index (χ3v) is 5.87. The summed E-state index contributed by atoms with van der Waals surface area (Å²) < 4.78 is 37.4. The molecule has 0 amide bonds. The zero-order valence-electron chi connectivity index (χ0n) is 18.0. The molecule has 4 rings (SSSR count). The van der Waals surface area contributed by atoms with Crippen LogP contribution in [0.1, 0.15) is 21.5 Å². The lowest BCUT2D eigenvalue weighted by Crippen LogP contribution is -2.32. The number of carboxylic acid groups (broad SMARTS) is 1. The zero-order valence-corrected chi connectivity index (χ0v) is 18.8. The number of carbonyl (C=O) groups is 1. The van der Waals surface area contributed by atoms with Crippen molar-refractivity contribution in [2.45, 2.75) is 13.5 Å². The largest absolute Gasteiger partial charge is 0.478 e. The van der Waals surface area contributed by atoms with Crippen LogP contribution in [-0.2, 0) is 16.8 Å². The zero-order chi connectivity index (χ0) is 24.2. The fourth-order valence-corrected chi connectivity index (χ4v) is 3.40. The van der Waals surface area contributed by atoms with Gasteiger partial charge in [0.15, 0.2) is 0 Å². The quantitative estimate of drug-likeness (QED) is 0.463. The average molecular weight is 471 g/mol. The lowest BCUT2D eigenvalue weighted by molar-refractivity contribution is 0.0699. The highest BCUT2D eigenvalue weighted by atomic mass is 32.2. The van der Waals surface area contributed by atoms with Crippen molar-refractivity contribution in [1.82, 2.24) is 14.1 Å². The van der Waals surface area contributed by atoms with E-state index < -0.39 is 16.2 Å². The van der Waals surface area contributed by atoms with Gasteiger partial charge in [0.1, 0.15) is 5.82 Å². The minimum absolute atomic E-state index is 0.200. The Morgan fingerprint density at radius 3 is 2.30 bits per heavy atom. The van der Waals surface area contributed by atoms with E-state index >= 15 is 0 Å². The van der Waals surface area contributed by atoms with Gasteiger partial charge in [-0.25, -0.2) is 19.0 Å². The summed E-state index contributed by atoms with van der Waals surface area (Å²) in [6.07, 6.45) is 1.50. The van der Waals surface area contributed by atoms with Gasteiger partial charge in [0.2, 0.25) is 0 Å². The number of aryl methyl sites for hydroxylation is 1. The molecule has 0 atom stereocenters. The van der Waals surface area contributed by atoms with Gasteiger partial charge in [0, 0.05) is 19.0 Å². The van der Waals surface area contributed by atoms with Crippen molar-refractivity contribution in [2.75, 3.05) is 7.05 Å². The molecule has 0 unspecified atom stereocenters. The second-order valence-corrected chi connectivity index (χ2v) is 9.02. The van der Waals surface area contributed by atoms with Crippen molar-refractivity contribution in [3.05, 3.63) is 95.4 Å². The van der Waals surface area contributed by atoms with Crippen LogP contribution in [0.3, 0.4) is 0 Å². The van der Waals surface area contributed by atoms with Gasteiger partial charge in [0.05, 0.1) is 23.0 Å². The molecule has 3 N–H and O–H groups in total. The summed E-state index contributed by atoms with van der Waals surface area (Å²) >= 11 is 0. The molecule has 4 aromatic rings. The van der Waals surface area contributed by atoms with E-state index in [1.807, 2.05) is 31.2 Å². The number of rotatable bonds is 5. The first kappa shape index (κ1) is 24.1. The predicted octanol–water partition coefficient (Wildman–Crippen LogP) is 3.49. The maximum Gasteiger partial charge on any atom is 0.336 e. The summed E-state index contributed by atoms with van der Waals surface area (Å²) in [5.74, 6) is -1.32. The van der Waals surface area contributed by atoms with Crippen molar-refractivity contribution in [1.29, 1.82) is 0 Å². The van der Waals surface area contributed by atoms with E-state index in [-0.39, 0.29) is 11.4 Å². The number of halogens is 1. The molecule has 0 saturated heterocycles. The number of fused-ring (bicyclic) bond motifs is 1. The SMILES string of the molecule is Cc1ccc(CN(C)S(N)(=O)=O)cc1.O=C(O)c1cccc2c1cnn2-c1ccc(F)cc1. The highest BCUT2D eigenvalue weighted by molar-refractivity contribution is 7.86. The molecule has 0 aliphatic rings. The van der Waals surface area contributed by atoms with E-state index in [2.05, 4.69) is 5.10 Å². The summed E-state index contributed by atoms with van der Waals surface area (Å²) in [4.78, 5) is 11.1. The van der Waals surface area contributed by atoms with Crippen LogP contribution in [0.25, 0.3) is 16.6 Å². The Bertz CT molecular complexity index is 1370. The van der Waals surface area contributed by atoms with Crippen molar-refractivity contribution in [2.24, 2.45) is 5.14 Å². The molecular weight excluding hydrogens is 447 g/mol. The summed E-state index contributed by atoms with van der Waals surface area (Å²) in [6.45, 7) is 2.28. The van der Waals surface area contributed by atoms with Crippen LogP contribution < -0.4 is 5.14 Å². The first-order valence-electron chi connectivity index (χ1n) is 9.82. The molecular formula is C23H23FN4O4S. The minimum atomic E-state index is -3.58. The van der Waals surface area contributed by atoms with Crippen molar-refractivity contribution >= 4 is 27.1 Å². The summed E-state index contributed by atoms with van der Waals surface area (Å²) in [5, 5.41) is 18.8. The van der Waals surface area contributed by atoms with Crippen molar-refractivity contribution < 1.29 is 22.7 Å². The molecule has 8 nitrogen and oxygen atoms in total. The first-order chi connectivity index (χ1) is 15.6. The summed E-state index contributed by atoms with van der Waals surface area (Å²) in [5.41, 5.74) is 3.62. The van der Waals surface area contributed by atoms with Crippen molar-refractivity contribution in [3.63, 3.8) is 0 Å². The number of aromatic nitrogens is 2. The smallest absolute Gasteiger partial charge is 0.336 e. The number of benzene rings is 3. The Balaban J connectivity index is 0.000000196. The fraction of sp³-hybridized carbons (Fsp3) is 0.130. The molecule has 10 heteroatoms.